The minimum Gasteiger partial charge on any atom is -0.465 e. The van der Waals surface area contributed by atoms with Crippen molar-refractivity contribution in [2.75, 3.05) is 6.61 Å². The van der Waals surface area contributed by atoms with Crippen molar-refractivity contribution < 1.29 is 13.9 Å². The molecule has 0 saturated heterocycles. The molecule has 0 aliphatic heterocycles. The summed E-state index contributed by atoms with van der Waals surface area (Å²) in [4.78, 5) is 12.2. The number of aryl methyl sites for hydroxylation is 1. The van der Waals surface area contributed by atoms with Gasteiger partial charge >= 0.3 is 5.97 Å². The van der Waals surface area contributed by atoms with Gasteiger partial charge in [-0.05, 0) is 19.9 Å². The van der Waals surface area contributed by atoms with Gasteiger partial charge in [-0.2, -0.15) is 0 Å². The van der Waals surface area contributed by atoms with Crippen molar-refractivity contribution in [1.82, 2.24) is 14.8 Å². The van der Waals surface area contributed by atoms with E-state index in [0.29, 0.717) is 11.6 Å². The van der Waals surface area contributed by atoms with Crippen molar-refractivity contribution in [2.45, 2.75) is 19.8 Å². The van der Waals surface area contributed by atoms with Gasteiger partial charge in [0.1, 0.15) is 17.6 Å². The first-order valence-electron chi connectivity index (χ1n) is 6.33. The van der Waals surface area contributed by atoms with Crippen molar-refractivity contribution in [3.63, 3.8) is 0 Å². The maximum absolute atomic E-state index is 14.0. The molecule has 0 spiro atoms. The van der Waals surface area contributed by atoms with Crippen LogP contribution >= 0.6 is 0 Å². The molecule has 0 radical (unpaired) electrons. The van der Waals surface area contributed by atoms with Crippen molar-refractivity contribution in [1.29, 1.82) is 0 Å². The van der Waals surface area contributed by atoms with E-state index in [1.165, 1.54) is 6.07 Å². The van der Waals surface area contributed by atoms with Crippen LogP contribution in [0.4, 0.5) is 4.39 Å². The van der Waals surface area contributed by atoms with Crippen LogP contribution in [-0.2, 0) is 16.6 Å². The molecule has 1 aromatic carbocycles. The SMILES string of the molecule is CCOC(=O)C(c1ccccc1F)c1nnc(C)n1C. The highest BCUT2D eigenvalue weighted by atomic mass is 19.1. The molecule has 2 rings (SSSR count). The number of ether oxygens (including phenoxy) is 1. The summed E-state index contributed by atoms with van der Waals surface area (Å²) in [7, 11) is 1.73. The lowest BCUT2D eigenvalue weighted by Gasteiger charge is -2.16. The molecule has 6 heteroatoms. The van der Waals surface area contributed by atoms with E-state index >= 15 is 0 Å². The van der Waals surface area contributed by atoms with Gasteiger partial charge in [-0.15, -0.1) is 10.2 Å². The predicted octanol–water partition coefficient (Wildman–Crippen LogP) is 1.96. The van der Waals surface area contributed by atoms with E-state index in [4.69, 9.17) is 4.74 Å². The molecular weight excluding hydrogens is 261 g/mol. The number of halogens is 1. The van der Waals surface area contributed by atoms with Gasteiger partial charge in [-0.1, -0.05) is 18.2 Å². The van der Waals surface area contributed by atoms with Gasteiger partial charge < -0.3 is 9.30 Å². The second kappa shape index (κ2) is 5.81. The number of carbonyl (C=O) groups excluding carboxylic acids is 1. The van der Waals surface area contributed by atoms with Crippen LogP contribution in [0.5, 0.6) is 0 Å². The zero-order valence-electron chi connectivity index (χ0n) is 11.6. The lowest BCUT2D eigenvalue weighted by Crippen LogP contribution is -2.21. The first kappa shape index (κ1) is 14.2. The summed E-state index contributed by atoms with van der Waals surface area (Å²) in [6.07, 6.45) is 0. The fourth-order valence-corrected chi connectivity index (χ4v) is 1.98. The van der Waals surface area contributed by atoms with Gasteiger partial charge in [0.2, 0.25) is 0 Å². The zero-order valence-corrected chi connectivity index (χ0v) is 11.6. The number of rotatable bonds is 4. The number of aromatic nitrogens is 3. The summed E-state index contributed by atoms with van der Waals surface area (Å²) in [5.41, 5.74) is 0.237. The Bertz CT molecular complexity index is 625. The van der Waals surface area contributed by atoms with Crippen LogP contribution in [0.15, 0.2) is 24.3 Å². The molecule has 106 valence electrons. The topological polar surface area (TPSA) is 57.0 Å². The van der Waals surface area contributed by atoms with Gasteiger partial charge in [0.15, 0.2) is 5.82 Å². The first-order valence-corrected chi connectivity index (χ1v) is 6.33. The summed E-state index contributed by atoms with van der Waals surface area (Å²) in [6.45, 7) is 3.69. The minimum absolute atomic E-state index is 0.223. The number of hydrogen-bond acceptors (Lipinski definition) is 4. The van der Waals surface area contributed by atoms with Gasteiger partial charge in [0, 0.05) is 12.6 Å². The smallest absolute Gasteiger partial charge is 0.321 e. The standard InChI is InChI=1S/C14H16FN3O2/c1-4-20-14(19)12(10-7-5-6-8-11(10)15)13-17-16-9(2)18(13)3/h5-8,12H,4H2,1-3H3. The summed E-state index contributed by atoms with van der Waals surface area (Å²) < 4.78 is 20.7. The molecule has 1 aromatic heterocycles. The second-order valence-electron chi connectivity index (χ2n) is 4.37. The predicted molar refractivity (Wildman–Crippen MR) is 70.6 cm³/mol. The fourth-order valence-electron chi connectivity index (χ4n) is 1.98. The van der Waals surface area contributed by atoms with Crippen LogP contribution in [0, 0.1) is 12.7 Å². The van der Waals surface area contributed by atoms with Crippen LogP contribution in [-0.4, -0.2) is 27.3 Å². The number of esters is 1. The Labute approximate surface area is 116 Å². The van der Waals surface area contributed by atoms with E-state index < -0.39 is 17.7 Å². The van der Waals surface area contributed by atoms with Crippen LogP contribution in [0.2, 0.25) is 0 Å². The zero-order chi connectivity index (χ0) is 14.7. The van der Waals surface area contributed by atoms with Crippen LogP contribution in [0.3, 0.4) is 0 Å². The van der Waals surface area contributed by atoms with Crippen molar-refractivity contribution in [3.8, 4) is 0 Å². The highest BCUT2D eigenvalue weighted by Crippen LogP contribution is 2.27. The largest absolute Gasteiger partial charge is 0.465 e. The van der Waals surface area contributed by atoms with E-state index in [9.17, 15) is 9.18 Å². The maximum Gasteiger partial charge on any atom is 0.321 e. The molecule has 2 aromatic rings. The molecular formula is C14H16FN3O2. The number of carbonyl (C=O) groups is 1. The second-order valence-corrected chi connectivity index (χ2v) is 4.37. The van der Waals surface area contributed by atoms with Crippen molar-refractivity contribution in [3.05, 3.63) is 47.3 Å². The number of nitrogens with zero attached hydrogens (tertiary/aromatic N) is 3. The fraction of sp³-hybridized carbons (Fsp3) is 0.357. The average molecular weight is 277 g/mol. The Morgan fingerprint density at radius 1 is 1.40 bits per heavy atom. The highest BCUT2D eigenvalue weighted by Gasteiger charge is 2.31. The molecule has 0 fully saturated rings. The Balaban J connectivity index is 2.54. The highest BCUT2D eigenvalue weighted by molar-refractivity contribution is 5.81. The summed E-state index contributed by atoms with van der Waals surface area (Å²) in [6, 6.07) is 6.11. The molecule has 0 aliphatic carbocycles. The van der Waals surface area contributed by atoms with Crippen LogP contribution in [0.1, 0.15) is 30.1 Å². The molecule has 20 heavy (non-hydrogen) atoms. The van der Waals surface area contributed by atoms with Crippen LogP contribution in [0.25, 0.3) is 0 Å². The van der Waals surface area contributed by atoms with E-state index in [2.05, 4.69) is 10.2 Å². The third-order valence-electron chi connectivity index (χ3n) is 3.12. The van der Waals surface area contributed by atoms with Gasteiger partial charge in [0.25, 0.3) is 0 Å². The lowest BCUT2D eigenvalue weighted by molar-refractivity contribution is -0.144. The molecule has 0 amide bonds. The molecule has 0 bridgehead atoms. The average Bonchev–Trinajstić information content (AvgIpc) is 2.74. The first-order chi connectivity index (χ1) is 9.56. The van der Waals surface area contributed by atoms with E-state index in [0.717, 1.165) is 0 Å². The van der Waals surface area contributed by atoms with Gasteiger partial charge in [-0.25, -0.2) is 4.39 Å². The monoisotopic (exact) mass is 277 g/mol. The maximum atomic E-state index is 14.0. The Kier molecular flexibility index (Phi) is 4.12. The third kappa shape index (κ3) is 2.54. The molecule has 0 saturated carbocycles. The van der Waals surface area contributed by atoms with Crippen molar-refractivity contribution >= 4 is 5.97 Å². The summed E-state index contributed by atoms with van der Waals surface area (Å²) in [5, 5.41) is 7.90. The van der Waals surface area contributed by atoms with Crippen LogP contribution < -0.4 is 0 Å². The molecule has 5 nitrogen and oxygen atoms in total. The van der Waals surface area contributed by atoms with E-state index in [1.807, 2.05) is 0 Å². The molecule has 0 aliphatic rings. The Morgan fingerprint density at radius 3 is 2.65 bits per heavy atom. The Hall–Kier alpha value is -2.24. The third-order valence-corrected chi connectivity index (χ3v) is 3.12. The molecule has 1 unspecified atom stereocenters. The number of hydrogen-bond donors (Lipinski definition) is 0. The number of benzene rings is 1. The van der Waals surface area contributed by atoms with Gasteiger partial charge in [-0.3, -0.25) is 4.79 Å². The normalized spacial score (nSPS) is 12.2. The summed E-state index contributed by atoms with van der Waals surface area (Å²) >= 11 is 0. The van der Waals surface area contributed by atoms with E-state index in [1.54, 1.807) is 43.7 Å². The molecule has 1 atom stereocenters. The van der Waals surface area contributed by atoms with Crippen molar-refractivity contribution in [2.24, 2.45) is 7.05 Å². The molecule has 0 N–H and O–H groups in total. The summed E-state index contributed by atoms with van der Waals surface area (Å²) in [5.74, 6) is -0.904. The van der Waals surface area contributed by atoms with Gasteiger partial charge in [0.05, 0.1) is 6.61 Å². The van der Waals surface area contributed by atoms with E-state index in [-0.39, 0.29) is 12.2 Å². The Morgan fingerprint density at radius 2 is 2.10 bits per heavy atom. The molecule has 1 heterocycles. The minimum atomic E-state index is -0.914. The quantitative estimate of drug-likeness (QED) is 0.802. The lowest BCUT2D eigenvalue weighted by atomic mass is 9.97.